The second-order valence-electron chi connectivity index (χ2n) is 5.59. The number of nitrogens with one attached hydrogen (secondary N) is 1. The Hall–Kier alpha value is -1.08. The first-order chi connectivity index (χ1) is 8.18. The van der Waals surface area contributed by atoms with Crippen LogP contribution < -0.4 is 5.32 Å². The van der Waals surface area contributed by atoms with E-state index in [1.807, 2.05) is 0 Å². The minimum Gasteiger partial charge on any atom is -0.312 e. The molecule has 2 rings (SSSR count). The van der Waals surface area contributed by atoms with Gasteiger partial charge in [0.1, 0.15) is 0 Å². The lowest BCUT2D eigenvalue weighted by atomic mass is 9.83. The first-order valence-corrected chi connectivity index (χ1v) is 6.63. The molecule has 0 saturated carbocycles. The number of hydrogen-bond acceptors (Lipinski definition) is 1. The number of allylic oxidation sites excluding steroid dienone is 1. The molecule has 92 valence electrons. The van der Waals surface area contributed by atoms with Crippen molar-refractivity contribution >= 4 is 0 Å². The predicted octanol–water partition coefficient (Wildman–Crippen LogP) is 3.91. The maximum atomic E-state index is 3.58. The monoisotopic (exact) mass is 229 g/mol. The van der Waals surface area contributed by atoms with E-state index in [-0.39, 0.29) is 0 Å². The van der Waals surface area contributed by atoms with Gasteiger partial charge in [-0.05, 0) is 30.2 Å². The standard InChI is InChI=1S/C16H23N/c1-16(2,15-10-6-7-11-15)13-17-12-14-8-4-3-5-9-14/h3-5,8-10,17H,6-7,11-13H2,1-2H3. The molecule has 0 atom stereocenters. The van der Waals surface area contributed by atoms with Gasteiger partial charge in [0.2, 0.25) is 0 Å². The molecular formula is C16H23N. The van der Waals surface area contributed by atoms with Crippen LogP contribution >= 0.6 is 0 Å². The highest BCUT2D eigenvalue weighted by Crippen LogP contribution is 2.34. The first kappa shape index (κ1) is 12.4. The van der Waals surface area contributed by atoms with Gasteiger partial charge in [-0.3, -0.25) is 0 Å². The summed E-state index contributed by atoms with van der Waals surface area (Å²) in [6.45, 7) is 6.73. The predicted molar refractivity (Wildman–Crippen MR) is 73.9 cm³/mol. The molecule has 1 nitrogen and oxygen atoms in total. The van der Waals surface area contributed by atoms with Crippen LogP contribution in [0.25, 0.3) is 0 Å². The molecule has 0 fully saturated rings. The third kappa shape index (κ3) is 3.44. The molecule has 0 radical (unpaired) electrons. The van der Waals surface area contributed by atoms with E-state index in [1.165, 1.54) is 24.8 Å². The van der Waals surface area contributed by atoms with Gasteiger partial charge in [-0.15, -0.1) is 0 Å². The number of rotatable bonds is 5. The topological polar surface area (TPSA) is 12.0 Å². The summed E-state index contributed by atoms with van der Waals surface area (Å²) < 4.78 is 0. The Morgan fingerprint density at radius 2 is 1.94 bits per heavy atom. The summed E-state index contributed by atoms with van der Waals surface area (Å²) in [5.41, 5.74) is 3.31. The van der Waals surface area contributed by atoms with E-state index in [0.717, 1.165) is 13.1 Å². The third-order valence-electron chi connectivity index (χ3n) is 3.65. The molecule has 0 bridgehead atoms. The van der Waals surface area contributed by atoms with E-state index < -0.39 is 0 Å². The summed E-state index contributed by atoms with van der Waals surface area (Å²) in [5, 5.41) is 3.58. The van der Waals surface area contributed by atoms with E-state index in [0.29, 0.717) is 5.41 Å². The largest absolute Gasteiger partial charge is 0.312 e. The Kier molecular flexibility index (Phi) is 4.01. The third-order valence-corrected chi connectivity index (χ3v) is 3.65. The molecule has 1 aromatic carbocycles. The minimum absolute atomic E-state index is 0.311. The van der Waals surface area contributed by atoms with Crippen molar-refractivity contribution in [3.05, 3.63) is 47.5 Å². The van der Waals surface area contributed by atoms with E-state index in [2.05, 4.69) is 55.6 Å². The molecule has 0 spiro atoms. The highest BCUT2D eigenvalue weighted by atomic mass is 14.9. The van der Waals surface area contributed by atoms with Crippen LogP contribution in [0.3, 0.4) is 0 Å². The number of hydrogen-bond donors (Lipinski definition) is 1. The zero-order valence-electron chi connectivity index (χ0n) is 11.0. The molecule has 0 aromatic heterocycles. The molecule has 0 amide bonds. The maximum Gasteiger partial charge on any atom is 0.0205 e. The van der Waals surface area contributed by atoms with Crippen LogP contribution in [0.2, 0.25) is 0 Å². The minimum atomic E-state index is 0.311. The molecule has 1 N–H and O–H groups in total. The van der Waals surface area contributed by atoms with Gasteiger partial charge in [0.15, 0.2) is 0 Å². The van der Waals surface area contributed by atoms with Crippen LogP contribution in [0.15, 0.2) is 42.0 Å². The van der Waals surface area contributed by atoms with Crippen LogP contribution in [0.4, 0.5) is 0 Å². The summed E-state index contributed by atoms with van der Waals surface area (Å²) in [6, 6.07) is 10.6. The lowest BCUT2D eigenvalue weighted by Gasteiger charge is -2.27. The molecule has 1 aliphatic rings. The Morgan fingerprint density at radius 1 is 1.18 bits per heavy atom. The zero-order chi connectivity index (χ0) is 12.1. The van der Waals surface area contributed by atoms with Crippen LogP contribution in [-0.2, 0) is 6.54 Å². The Bertz CT molecular complexity index is 376. The molecule has 0 unspecified atom stereocenters. The second kappa shape index (κ2) is 5.50. The average molecular weight is 229 g/mol. The lowest BCUT2D eigenvalue weighted by Crippen LogP contribution is -2.30. The summed E-state index contributed by atoms with van der Waals surface area (Å²) in [4.78, 5) is 0. The highest BCUT2D eigenvalue weighted by molar-refractivity contribution is 5.17. The molecule has 1 heteroatoms. The van der Waals surface area contributed by atoms with Crippen molar-refractivity contribution in [3.8, 4) is 0 Å². The van der Waals surface area contributed by atoms with Crippen molar-refractivity contribution in [2.45, 2.75) is 39.7 Å². The molecular weight excluding hydrogens is 206 g/mol. The zero-order valence-corrected chi connectivity index (χ0v) is 11.0. The van der Waals surface area contributed by atoms with Gasteiger partial charge in [0.05, 0.1) is 0 Å². The van der Waals surface area contributed by atoms with Gasteiger partial charge in [-0.25, -0.2) is 0 Å². The van der Waals surface area contributed by atoms with Crippen molar-refractivity contribution in [3.63, 3.8) is 0 Å². The van der Waals surface area contributed by atoms with Crippen molar-refractivity contribution < 1.29 is 0 Å². The fourth-order valence-corrected chi connectivity index (χ4v) is 2.51. The molecule has 0 saturated heterocycles. The Labute approximate surface area is 105 Å². The normalized spacial score (nSPS) is 16.0. The van der Waals surface area contributed by atoms with Crippen LogP contribution in [-0.4, -0.2) is 6.54 Å². The first-order valence-electron chi connectivity index (χ1n) is 6.63. The molecule has 17 heavy (non-hydrogen) atoms. The molecule has 1 aliphatic carbocycles. The van der Waals surface area contributed by atoms with Crippen molar-refractivity contribution in [2.24, 2.45) is 5.41 Å². The van der Waals surface area contributed by atoms with Gasteiger partial charge in [0, 0.05) is 13.1 Å². The second-order valence-corrected chi connectivity index (χ2v) is 5.59. The van der Waals surface area contributed by atoms with Crippen LogP contribution in [0.5, 0.6) is 0 Å². The van der Waals surface area contributed by atoms with E-state index >= 15 is 0 Å². The van der Waals surface area contributed by atoms with E-state index in [1.54, 1.807) is 5.57 Å². The highest BCUT2D eigenvalue weighted by Gasteiger charge is 2.24. The number of benzene rings is 1. The SMILES string of the molecule is CC(C)(CNCc1ccccc1)C1=CCCC1. The van der Waals surface area contributed by atoms with Gasteiger partial charge in [-0.2, -0.15) is 0 Å². The van der Waals surface area contributed by atoms with Gasteiger partial charge < -0.3 is 5.32 Å². The van der Waals surface area contributed by atoms with Gasteiger partial charge >= 0.3 is 0 Å². The van der Waals surface area contributed by atoms with Crippen molar-refractivity contribution in [2.75, 3.05) is 6.54 Å². The Balaban J connectivity index is 1.82. The maximum absolute atomic E-state index is 3.58. The summed E-state index contributed by atoms with van der Waals surface area (Å²) in [5.74, 6) is 0. The van der Waals surface area contributed by atoms with Crippen molar-refractivity contribution in [1.29, 1.82) is 0 Å². The summed E-state index contributed by atoms with van der Waals surface area (Å²) in [6.07, 6.45) is 6.35. The summed E-state index contributed by atoms with van der Waals surface area (Å²) in [7, 11) is 0. The molecule has 1 aromatic rings. The quantitative estimate of drug-likeness (QED) is 0.755. The molecule has 0 aliphatic heterocycles. The smallest absolute Gasteiger partial charge is 0.0205 e. The van der Waals surface area contributed by atoms with Crippen molar-refractivity contribution in [1.82, 2.24) is 5.32 Å². The average Bonchev–Trinajstić information content (AvgIpc) is 2.84. The van der Waals surface area contributed by atoms with E-state index in [4.69, 9.17) is 0 Å². The van der Waals surface area contributed by atoms with Gasteiger partial charge in [-0.1, -0.05) is 55.8 Å². The summed E-state index contributed by atoms with van der Waals surface area (Å²) >= 11 is 0. The van der Waals surface area contributed by atoms with Crippen LogP contribution in [0, 0.1) is 5.41 Å². The fourth-order valence-electron chi connectivity index (χ4n) is 2.51. The van der Waals surface area contributed by atoms with Crippen LogP contribution in [0.1, 0.15) is 38.7 Å². The molecule has 0 heterocycles. The fraction of sp³-hybridized carbons (Fsp3) is 0.500. The Morgan fingerprint density at radius 3 is 2.59 bits per heavy atom. The lowest BCUT2D eigenvalue weighted by molar-refractivity contribution is 0.398. The van der Waals surface area contributed by atoms with Gasteiger partial charge in [0.25, 0.3) is 0 Å². The van der Waals surface area contributed by atoms with E-state index in [9.17, 15) is 0 Å².